The van der Waals surface area contributed by atoms with Gasteiger partial charge in [-0.25, -0.2) is 8.42 Å². The zero-order valence-corrected chi connectivity index (χ0v) is 17.8. The van der Waals surface area contributed by atoms with Crippen LogP contribution in [0.3, 0.4) is 0 Å². The summed E-state index contributed by atoms with van der Waals surface area (Å²) in [6.07, 6.45) is 4.99. The number of para-hydroxylation sites is 1. The highest BCUT2D eigenvalue weighted by Gasteiger charge is 2.24. The molecule has 0 heterocycles. The third kappa shape index (κ3) is 4.77. The summed E-state index contributed by atoms with van der Waals surface area (Å²) in [5, 5.41) is 0. The van der Waals surface area contributed by atoms with Gasteiger partial charge in [0, 0.05) is 11.4 Å². The predicted molar refractivity (Wildman–Crippen MR) is 115 cm³/mol. The first-order valence-electron chi connectivity index (χ1n) is 9.49. The molecule has 4 nitrogen and oxygen atoms in total. The van der Waals surface area contributed by atoms with Crippen molar-refractivity contribution in [2.45, 2.75) is 44.1 Å². The normalized spacial score (nSPS) is 17.2. The van der Waals surface area contributed by atoms with Crippen LogP contribution in [0.15, 0.2) is 53.4 Å². The molecule has 0 saturated carbocycles. The fraction of sp³-hybridized carbons (Fsp3) is 0.364. The van der Waals surface area contributed by atoms with E-state index < -0.39 is 10.0 Å². The summed E-state index contributed by atoms with van der Waals surface area (Å²) >= 11 is 5.80. The Labute approximate surface area is 172 Å². The molecule has 2 aromatic rings. The third-order valence-corrected chi connectivity index (χ3v) is 6.45. The van der Waals surface area contributed by atoms with Crippen molar-refractivity contribution in [3.8, 4) is 0 Å². The fourth-order valence-corrected chi connectivity index (χ4v) is 4.69. The molecular formula is C22H26ClNO3S. The molecule has 1 unspecified atom stereocenters. The van der Waals surface area contributed by atoms with Crippen LogP contribution < -0.4 is 4.72 Å². The van der Waals surface area contributed by atoms with Crippen LogP contribution in [-0.2, 0) is 14.8 Å². The Bertz CT molecular complexity index is 952. The summed E-state index contributed by atoms with van der Waals surface area (Å²) in [7, 11) is -3.69. The molecule has 150 valence electrons. The number of alkyl halides is 1. The van der Waals surface area contributed by atoms with Crippen molar-refractivity contribution in [3.05, 3.63) is 65.2 Å². The molecule has 1 aliphatic carbocycles. The zero-order chi connectivity index (χ0) is 20.1. The molecule has 0 aliphatic heterocycles. The van der Waals surface area contributed by atoms with Crippen molar-refractivity contribution in [1.29, 1.82) is 0 Å². The number of sulfonamides is 1. The van der Waals surface area contributed by atoms with Crippen LogP contribution in [-0.4, -0.2) is 27.0 Å². The van der Waals surface area contributed by atoms with Crippen LogP contribution in [0.25, 0.3) is 5.57 Å². The highest BCUT2D eigenvalue weighted by atomic mass is 35.5. The Kier molecular flexibility index (Phi) is 6.81. The second kappa shape index (κ2) is 9.12. The molecule has 0 amide bonds. The molecule has 0 fully saturated rings. The van der Waals surface area contributed by atoms with E-state index in [1.165, 1.54) is 0 Å². The lowest BCUT2D eigenvalue weighted by Gasteiger charge is -2.27. The van der Waals surface area contributed by atoms with E-state index in [0.717, 1.165) is 41.5 Å². The summed E-state index contributed by atoms with van der Waals surface area (Å²) in [5.41, 5.74) is 4.39. The number of allylic oxidation sites excluding steroid dienone is 1. The molecule has 0 aromatic heterocycles. The average Bonchev–Trinajstić information content (AvgIpc) is 2.68. The number of anilines is 1. The quantitative estimate of drug-likeness (QED) is 0.620. The van der Waals surface area contributed by atoms with Gasteiger partial charge in [-0.05, 0) is 56.4 Å². The number of benzene rings is 2. The monoisotopic (exact) mass is 419 g/mol. The lowest BCUT2D eigenvalue weighted by atomic mass is 9.89. The van der Waals surface area contributed by atoms with E-state index in [2.05, 4.69) is 10.8 Å². The summed E-state index contributed by atoms with van der Waals surface area (Å²) in [5.74, 6) is 0.435. The van der Waals surface area contributed by atoms with E-state index >= 15 is 0 Å². The van der Waals surface area contributed by atoms with Crippen molar-refractivity contribution >= 4 is 32.9 Å². The molecule has 2 aromatic carbocycles. The molecular weight excluding hydrogens is 394 g/mol. The SMILES string of the molecule is Cc1ccc(S(=O)(=O)Nc2c(C)cccc2C2=CCCCC2OCCCl)cc1. The molecule has 0 radical (unpaired) electrons. The van der Waals surface area contributed by atoms with Gasteiger partial charge in [-0.2, -0.15) is 0 Å². The summed E-state index contributed by atoms with van der Waals surface area (Å²) < 4.78 is 34.7. The first-order chi connectivity index (χ1) is 13.4. The highest BCUT2D eigenvalue weighted by molar-refractivity contribution is 7.92. The number of aryl methyl sites for hydroxylation is 2. The average molecular weight is 420 g/mol. The number of nitrogens with one attached hydrogen (secondary N) is 1. The molecule has 0 bridgehead atoms. The van der Waals surface area contributed by atoms with Crippen LogP contribution in [0.2, 0.25) is 0 Å². The van der Waals surface area contributed by atoms with E-state index in [0.29, 0.717) is 18.2 Å². The van der Waals surface area contributed by atoms with Crippen LogP contribution in [0.1, 0.15) is 36.0 Å². The second-order valence-corrected chi connectivity index (χ2v) is 9.12. The summed E-state index contributed by atoms with van der Waals surface area (Å²) in [4.78, 5) is 0.250. The zero-order valence-electron chi connectivity index (χ0n) is 16.2. The van der Waals surface area contributed by atoms with Gasteiger partial charge >= 0.3 is 0 Å². The van der Waals surface area contributed by atoms with Gasteiger partial charge in [0.25, 0.3) is 10.0 Å². The minimum Gasteiger partial charge on any atom is -0.372 e. The van der Waals surface area contributed by atoms with E-state index in [1.807, 2.05) is 32.0 Å². The van der Waals surface area contributed by atoms with Crippen molar-refractivity contribution in [1.82, 2.24) is 0 Å². The van der Waals surface area contributed by atoms with E-state index in [-0.39, 0.29) is 11.0 Å². The van der Waals surface area contributed by atoms with Gasteiger partial charge in [0.2, 0.25) is 0 Å². The Morgan fingerprint density at radius 2 is 1.89 bits per heavy atom. The second-order valence-electron chi connectivity index (χ2n) is 7.05. The molecule has 28 heavy (non-hydrogen) atoms. The topological polar surface area (TPSA) is 55.4 Å². The predicted octanol–water partition coefficient (Wildman–Crippen LogP) is 5.30. The Hall–Kier alpha value is -1.82. The molecule has 1 atom stereocenters. The molecule has 0 spiro atoms. The smallest absolute Gasteiger partial charge is 0.261 e. The Morgan fingerprint density at radius 1 is 1.14 bits per heavy atom. The van der Waals surface area contributed by atoms with Crippen LogP contribution >= 0.6 is 11.6 Å². The maximum Gasteiger partial charge on any atom is 0.261 e. The molecule has 1 N–H and O–H groups in total. The lowest BCUT2D eigenvalue weighted by molar-refractivity contribution is 0.0946. The van der Waals surface area contributed by atoms with Gasteiger partial charge in [-0.1, -0.05) is 42.0 Å². The van der Waals surface area contributed by atoms with E-state index in [4.69, 9.17) is 16.3 Å². The van der Waals surface area contributed by atoms with Crippen molar-refractivity contribution in [2.75, 3.05) is 17.2 Å². The Morgan fingerprint density at radius 3 is 2.61 bits per heavy atom. The molecule has 1 aliphatic rings. The van der Waals surface area contributed by atoms with Gasteiger partial charge < -0.3 is 4.74 Å². The number of hydrogen-bond donors (Lipinski definition) is 1. The summed E-state index contributed by atoms with van der Waals surface area (Å²) in [6, 6.07) is 12.7. The van der Waals surface area contributed by atoms with Gasteiger partial charge in [-0.3, -0.25) is 4.72 Å². The summed E-state index contributed by atoms with van der Waals surface area (Å²) in [6.45, 7) is 4.31. The minimum absolute atomic E-state index is 0.0723. The van der Waals surface area contributed by atoms with Gasteiger partial charge in [0.05, 0.1) is 23.3 Å². The van der Waals surface area contributed by atoms with Crippen molar-refractivity contribution in [3.63, 3.8) is 0 Å². The van der Waals surface area contributed by atoms with Gasteiger partial charge in [0.1, 0.15) is 0 Å². The van der Waals surface area contributed by atoms with E-state index in [9.17, 15) is 8.42 Å². The number of hydrogen-bond acceptors (Lipinski definition) is 3. The van der Waals surface area contributed by atoms with Crippen LogP contribution in [0.4, 0.5) is 5.69 Å². The van der Waals surface area contributed by atoms with Crippen molar-refractivity contribution in [2.24, 2.45) is 0 Å². The van der Waals surface area contributed by atoms with Crippen molar-refractivity contribution < 1.29 is 13.2 Å². The van der Waals surface area contributed by atoms with Gasteiger partial charge in [-0.15, -0.1) is 11.6 Å². The van der Waals surface area contributed by atoms with Gasteiger partial charge in [0.15, 0.2) is 0 Å². The Balaban J connectivity index is 1.98. The molecule has 0 saturated heterocycles. The number of rotatable bonds is 7. The standard InChI is InChI=1S/C22H26ClNO3S/c1-16-10-12-18(13-11-16)28(25,26)24-22-17(2)6-5-8-20(22)19-7-3-4-9-21(19)27-15-14-23/h5-8,10-13,21,24H,3-4,9,14-15H2,1-2H3. The molecule has 3 rings (SSSR count). The number of ether oxygens (including phenoxy) is 1. The van der Waals surface area contributed by atoms with Crippen LogP contribution in [0.5, 0.6) is 0 Å². The lowest BCUT2D eigenvalue weighted by Crippen LogP contribution is -2.21. The first-order valence-corrected chi connectivity index (χ1v) is 11.5. The third-order valence-electron chi connectivity index (χ3n) is 4.93. The fourth-order valence-electron chi connectivity index (χ4n) is 3.45. The maximum atomic E-state index is 13.0. The van der Waals surface area contributed by atoms with Crippen LogP contribution in [0, 0.1) is 13.8 Å². The maximum absolute atomic E-state index is 13.0. The molecule has 6 heteroatoms. The number of halogens is 1. The van der Waals surface area contributed by atoms with E-state index in [1.54, 1.807) is 24.3 Å². The minimum atomic E-state index is -3.69. The first kappa shape index (κ1) is 20.9. The largest absolute Gasteiger partial charge is 0.372 e. The highest BCUT2D eigenvalue weighted by Crippen LogP contribution is 2.36.